The van der Waals surface area contributed by atoms with E-state index in [4.69, 9.17) is 23.2 Å². The normalized spacial score (nSPS) is 11.3. The minimum absolute atomic E-state index is 0.131. The van der Waals surface area contributed by atoms with E-state index in [0.29, 0.717) is 30.3 Å². The van der Waals surface area contributed by atoms with Gasteiger partial charge in [0.2, 0.25) is 0 Å². The number of aldehydes is 1. The molecule has 0 aliphatic carbocycles. The van der Waals surface area contributed by atoms with Crippen molar-refractivity contribution in [3.63, 3.8) is 0 Å². The molecule has 1 heterocycles. The number of carbonyl (C=O) groups is 2. The molecule has 4 N–H and O–H groups in total. The number of hydrogen-bond donors (Lipinski definition) is 2. The van der Waals surface area contributed by atoms with Gasteiger partial charge in [0.25, 0.3) is 11.6 Å². The number of halogens is 1. The van der Waals surface area contributed by atoms with Crippen LogP contribution in [0.1, 0.15) is 75.0 Å². The number of hydrogen-bond acceptors (Lipinski definition) is 10. The molecular weight excluding hydrogens is 616 g/mol. The standard InChI is InChI=1S/C22H26ClN5.C6H11NO4.C4H8O3/c1-3-4-9-20-26-21(23)15(2)28(20)14-16-10-12-17(13-11-16)18-7-5-6-8-19(18)22(24)27-25;8-5-3-1-2-4-6-11-7(9)10;1-4(6-2)7-3-5/h5-8,10-13H,3-4,9,14,25H2,1-2H3,(H2,24,27);5H,1-4,6H2;3-4H,1-2H3. The second-order valence-electron chi connectivity index (χ2n) is 9.96. The van der Waals surface area contributed by atoms with Gasteiger partial charge in [-0.1, -0.05) is 79.9 Å². The molecule has 2 aromatic carbocycles. The number of methoxy groups -OCH3 is 1. The van der Waals surface area contributed by atoms with E-state index >= 15 is 0 Å². The van der Waals surface area contributed by atoms with Crippen molar-refractivity contribution in [3.8, 4) is 11.1 Å². The summed E-state index contributed by atoms with van der Waals surface area (Å²) in [6, 6.07) is 16.3. The molecule has 1 aromatic heterocycles. The number of aromatic nitrogens is 2. The number of ether oxygens (including phenoxy) is 2. The number of unbranched alkanes of at least 4 members (excludes halogenated alkanes) is 4. The molecule has 1 unspecified atom stereocenters. The van der Waals surface area contributed by atoms with Crippen molar-refractivity contribution in [2.75, 3.05) is 13.7 Å². The van der Waals surface area contributed by atoms with E-state index in [2.05, 4.69) is 60.2 Å². The Kier molecular flexibility index (Phi) is 19.7. The summed E-state index contributed by atoms with van der Waals surface area (Å²) in [7, 11) is 1.47. The maximum Gasteiger partial charge on any atom is 0.295 e. The highest BCUT2D eigenvalue weighted by Gasteiger charge is 2.13. The molecule has 0 aliphatic heterocycles. The molecule has 0 radical (unpaired) electrons. The Morgan fingerprint density at radius 3 is 2.39 bits per heavy atom. The van der Waals surface area contributed by atoms with Crippen molar-refractivity contribution in [3.05, 3.63) is 86.4 Å². The van der Waals surface area contributed by atoms with Crippen LogP contribution in [-0.2, 0) is 36.9 Å². The third-order valence-corrected chi connectivity index (χ3v) is 7.04. The zero-order valence-corrected chi connectivity index (χ0v) is 27.7. The fourth-order valence-electron chi connectivity index (χ4n) is 4.07. The predicted molar refractivity (Wildman–Crippen MR) is 178 cm³/mol. The van der Waals surface area contributed by atoms with Crippen LogP contribution in [0.4, 0.5) is 0 Å². The van der Waals surface area contributed by atoms with Crippen molar-refractivity contribution in [2.24, 2.45) is 16.7 Å². The second kappa shape index (κ2) is 22.9. The first kappa shape index (κ1) is 39.5. The summed E-state index contributed by atoms with van der Waals surface area (Å²) < 4.78 is 11.0. The fourth-order valence-corrected chi connectivity index (χ4v) is 4.27. The minimum atomic E-state index is -0.806. The lowest BCUT2D eigenvalue weighted by atomic mass is 9.98. The lowest BCUT2D eigenvalue weighted by molar-refractivity contribution is -0.757. The number of hydrazone groups is 1. The topological polar surface area (TPSA) is 187 Å². The monoisotopic (exact) mass is 660 g/mol. The lowest BCUT2D eigenvalue weighted by Gasteiger charge is -2.12. The van der Waals surface area contributed by atoms with E-state index in [9.17, 15) is 19.7 Å². The zero-order valence-electron chi connectivity index (χ0n) is 26.9. The summed E-state index contributed by atoms with van der Waals surface area (Å²) in [4.78, 5) is 37.5. The first-order valence-electron chi connectivity index (χ1n) is 14.9. The van der Waals surface area contributed by atoms with Crippen molar-refractivity contribution in [2.45, 2.75) is 78.6 Å². The van der Waals surface area contributed by atoms with Crippen molar-refractivity contribution in [1.29, 1.82) is 0 Å². The summed E-state index contributed by atoms with van der Waals surface area (Å²) in [6.07, 6.45) is 6.34. The van der Waals surface area contributed by atoms with E-state index in [0.717, 1.165) is 73.1 Å². The van der Waals surface area contributed by atoms with Crippen molar-refractivity contribution < 1.29 is 29.0 Å². The summed E-state index contributed by atoms with van der Waals surface area (Å²) in [5.41, 5.74) is 11.0. The second-order valence-corrected chi connectivity index (χ2v) is 10.3. The van der Waals surface area contributed by atoms with Crippen LogP contribution in [0.3, 0.4) is 0 Å². The largest absolute Gasteiger partial charge is 0.438 e. The molecule has 3 rings (SSSR count). The molecule has 0 saturated heterocycles. The molecule has 0 saturated carbocycles. The Hall–Kier alpha value is -4.49. The van der Waals surface area contributed by atoms with Crippen LogP contribution in [-0.4, -0.2) is 53.2 Å². The van der Waals surface area contributed by atoms with Crippen molar-refractivity contribution >= 4 is 30.2 Å². The molecule has 13 nitrogen and oxygen atoms in total. The highest BCUT2D eigenvalue weighted by atomic mass is 35.5. The van der Waals surface area contributed by atoms with Crippen LogP contribution in [0.2, 0.25) is 5.15 Å². The van der Waals surface area contributed by atoms with Gasteiger partial charge in [-0.25, -0.2) is 4.98 Å². The van der Waals surface area contributed by atoms with Crippen LogP contribution in [0.5, 0.6) is 0 Å². The molecule has 0 amide bonds. The number of benzene rings is 2. The smallest absolute Gasteiger partial charge is 0.295 e. The molecule has 0 fully saturated rings. The van der Waals surface area contributed by atoms with Crippen LogP contribution in [0.25, 0.3) is 11.1 Å². The number of amidine groups is 1. The van der Waals surface area contributed by atoms with Gasteiger partial charge in [-0.3, -0.25) is 4.79 Å². The minimum Gasteiger partial charge on any atom is -0.438 e. The summed E-state index contributed by atoms with van der Waals surface area (Å²) in [5, 5.41) is 13.0. The van der Waals surface area contributed by atoms with Gasteiger partial charge < -0.3 is 35.2 Å². The number of nitrogens with zero attached hydrogens (tertiary/aromatic N) is 4. The lowest BCUT2D eigenvalue weighted by Crippen LogP contribution is -2.16. The molecule has 0 spiro atoms. The van der Waals surface area contributed by atoms with Crippen LogP contribution in [0, 0.1) is 17.0 Å². The van der Waals surface area contributed by atoms with Gasteiger partial charge in [0.05, 0.1) is 12.3 Å². The van der Waals surface area contributed by atoms with E-state index in [1.165, 1.54) is 12.7 Å². The van der Waals surface area contributed by atoms with E-state index in [-0.39, 0.29) is 6.61 Å². The molecule has 3 aromatic rings. The quantitative estimate of drug-likeness (QED) is 0.0270. The summed E-state index contributed by atoms with van der Waals surface area (Å²) in [6.45, 7) is 7.07. The van der Waals surface area contributed by atoms with Crippen LogP contribution in [0.15, 0.2) is 53.6 Å². The Bertz CT molecular complexity index is 1370. The molecule has 1 atom stereocenters. The Morgan fingerprint density at radius 2 is 1.83 bits per heavy atom. The number of aryl methyl sites for hydroxylation is 1. The highest BCUT2D eigenvalue weighted by Crippen LogP contribution is 2.25. The first-order valence-corrected chi connectivity index (χ1v) is 15.3. The Morgan fingerprint density at radius 1 is 1.13 bits per heavy atom. The van der Waals surface area contributed by atoms with Gasteiger partial charge in [0.15, 0.2) is 12.1 Å². The molecule has 252 valence electrons. The number of rotatable bonds is 17. The highest BCUT2D eigenvalue weighted by molar-refractivity contribution is 6.30. The number of nitrogens with two attached hydrogens (primary N) is 2. The molecule has 0 aliphatic rings. The molecular formula is C32H45ClN6O7. The molecule has 0 bridgehead atoms. The molecule has 14 heteroatoms. The van der Waals surface area contributed by atoms with Crippen LogP contribution < -0.4 is 11.6 Å². The number of carbonyl (C=O) groups excluding carboxylic acids is 2. The van der Waals surface area contributed by atoms with Gasteiger partial charge in [0, 0.05) is 32.1 Å². The zero-order chi connectivity index (χ0) is 34.3. The Labute approximate surface area is 275 Å². The van der Waals surface area contributed by atoms with E-state index in [1.54, 1.807) is 6.92 Å². The number of imidazole rings is 1. The fraction of sp³-hybridized carbons (Fsp3) is 0.438. The van der Waals surface area contributed by atoms with Gasteiger partial charge in [-0.15, -0.1) is 10.1 Å². The SMILES string of the molecule is CCCCc1nc(Cl)c(C)n1Cc1ccc(-c2ccccc2/C(N)=N/N)cc1.COC(C)OC=O.O=CCCCCCO[N+](=O)[O-]. The van der Waals surface area contributed by atoms with Gasteiger partial charge in [-0.05, 0) is 49.8 Å². The van der Waals surface area contributed by atoms with E-state index in [1.807, 2.05) is 31.2 Å². The maximum atomic E-state index is 9.81. The Balaban J connectivity index is 0.000000484. The van der Waals surface area contributed by atoms with Gasteiger partial charge >= 0.3 is 0 Å². The van der Waals surface area contributed by atoms with Crippen molar-refractivity contribution in [1.82, 2.24) is 9.55 Å². The van der Waals surface area contributed by atoms with E-state index < -0.39 is 11.4 Å². The summed E-state index contributed by atoms with van der Waals surface area (Å²) in [5.74, 6) is 6.74. The average Bonchev–Trinajstić information content (AvgIpc) is 3.33. The first-order chi connectivity index (χ1) is 22.1. The predicted octanol–water partition coefficient (Wildman–Crippen LogP) is 5.59. The third-order valence-electron chi connectivity index (χ3n) is 6.69. The maximum absolute atomic E-state index is 9.81. The average molecular weight is 661 g/mol. The van der Waals surface area contributed by atoms with Gasteiger partial charge in [0.1, 0.15) is 17.3 Å². The van der Waals surface area contributed by atoms with Crippen LogP contribution >= 0.6 is 11.6 Å². The summed E-state index contributed by atoms with van der Waals surface area (Å²) >= 11 is 6.28. The van der Waals surface area contributed by atoms with Gasteiger partial charge in [-0.2, -0.15) is 5.10 Å². The molecule has 46 heavy (non-hydrogen) atoms. The third kappa shape index (κ3) is 14.5.